The zero-order valence-corrected chi connectivity index (χ0v) is 26.0. The lowest BCUT2D eigenvalue weighted by atomic mass is 9.96. The molecule has 0 N–H and O–H groups in total. The van der Waals surface area contributed by atoms with E-state index in [1.165, 1.54) is 35.1 Å². The average molecular weight is 672 g/mol. The van der Waals surface area contributed by atoms with Gasteiger partial charge in [-0.1, -0.05) is 69.2 Å². The van der Waals surface area contributed by atoms with Crippen molar-refractivity contribution in [3.05, 3.63) is 124 Å². The summed E-state index contributed by atoms with van der Waals surface area (Å²) >= 11 is 11.3. The van der Waals surface area contributed by atoms with Crippen molar-refractivity contribution >= 4 is 50.9 Å². The molecule has 0 unspecified atom stereocenters. The highest BCUT2D eigenvalue weighted by atomic mass is 79.9. The molecule has 0 bridgehead atoms. The van der Waals surface area contributed by atoms with Crippen molar-refractivity contribution in [2.24, 2.45) is 4.99 Å². The molecule has 216 valence electrons. The van der Waals surface area contributed by atoms with E-state index >= 15 is 0 Å². The predicted octanol–water partition coefficient (Wildman–Crippen LogP) is 5.94. The number of ether oxygens (including phenoxy) is 3. The fourth-order valence-corrected chi connectivity index (χ4v) is 6.39. The molecule has 4 aromatic rings. The SMILES string of the molecule is CCOC(=O)C1=C(C)N=c2s/c(=C\c3cc(Br)cc(OC)c3OCc3ccc(F)cc3)c(=O)n2[C@H]1c1ccccc1Cl. The molecule has 42 heavy (non-hydrogen) atoms. The van der Waals surface area contributed by atoms with Gasteiger partial charge in [-0.2, -0.15) is 0 Å². The highest BCUT2D eigenvalue weighted by molar-refractivity contribution is 9.10. The van der Waals surface area contributed by atoms with Crippen LogP contribution in [-0.2, 0) is 16.1 Å². The molecule has 3 aromatic carbocycles. The zero-order chi connectivity index (χ0) is 30.0. The van der Waals surface area contributed by atoms with Crippen LogP contribution in [0.15, 0.2) is 86.2 Å². The van der Waals surface area contributed by atoms with Crippen molar-refractivity contribution in [3.8, 4) is 11.5 Å². The predicted molar refractivity (Wildman–Crippen MR) is 163 cm³/mol. The zero-order valence-electron chi connectivity index (χ0n) is 22.8. The van der Waals surface area contributed by atoms with Gasteiger partial charge in [-0.3, -0.25) is 9.36 Å². The maximum Gasteiger partial charge on any atom is 0.338 e. The number of aromatic nitrogens is 1. The number of benzene rings is 3. The number of allylic oxidation sites excluding steroid dienone is 1. The summed E-state index contributed by atoms with van der Waals surface area (Å²) in [7, 11) is 1.52. The maximum absolute atomic E-state index is 14.1. The molecule has 0 aliphatic carbocycles. The highest BCUT2D eigenvalue weighted by Crippen LogP contribution is 2.37. The lowest BCUT2D eigenvalue weighted by molar-refractivity contribution is -0.139. The number of hydrogen-bond acceptors (Lipinski definition) is 7. The second-order valence-electron chi connectivity index (χ2n) is 9.27. The van der Waals surface area contributed by atoms with Crippen molar-refractivity contribution in [1.29, 1.82) is 0 Å². The quantitative estimate of drug-likeness (QED) is 0.217. The average Bonchev–Trinajstić information content (AvgIpc) is 3.26. The number of carbonyl (C=O) groups excluding carboxylic acids is 1. The molecule has 11 heteroatoms. The van der Waals surface area contributed by atoms with Gasteiger partial charge >= 0.3 is 5.97 Å². The van der Waals surface area contributed by atoms with Gasteiger partial charge in [-0.15, -0.1) is 0 Å². The van der Waals surface area contributed by atoms with Crippen molar-refractivity contribution in [3.63, 3.8) is 0 Å². The standard InChI is InChI=1S/C31H25BrClFN2O5S/c1-4-40-30(38)26-17(2)35-31-36(27(26)22-7-5-6-8-23(22)33)29(37)25(42-31)14-19-13-20(32)15-24(39-3)28(19)41-16-18-9-11-21(34)12-10-18/h5-15,27H,4,16H2,1-3H3/b25-14-/t27-/m0/s1. The number of rotatable bonds is 8. The van der Waals surface area contributed by atoms with Crippen LogP contribution >= 0.6 is 38.9 Å². The number of fused-ring (bicyclic) bond motifs is 1. The summed E-state index contributed by atoms with van der Waals surface area (Å²) in [5.41, 5.74) is 2.24. The lowest BCUT2D eigenvalue weighted by Crippen LogP contribution is -2.40. The van der Waals surface area contributed by atoms with Gasteiger partial charge < -0.3 is 14.2 Å². The Bertz CT molecular complexity index is 1880. The van der Waals surface area contributed by atoms with Crippen LogP contribution in [0.2, 0.25) is 5.02 Å². The number of thiazole rings is 1. The van der Waals surface area contributed by atoms with Crippen molar-refractivity contribution < 1.29 is 23.4 Å². The highest BCUT2D eigenvalue weighted by Gasteiger charge is 2.34. The molecule has 0 fully saturated rings. The van der Waals surface area contributed by atoms with Crippen LogP contribution in [0, 0.1) is 5.82 Å². The van der Waals surface area contributed by atoms with Crippen LogP contribution in [0.1, 0.15) is 36.6 Å². The van der Waals surface area contributed by atoms with Crippen LogP contribution in [0.5, 0.6) is 11.5 Å². The summed E-state index contributed by atoms with van der Waals surface area (Å²) < 4.78 is 33.0. The van der Waals surface area contributed by atoms with Gasteiger partial charge in [0.2, 0.25) is 0 Å². The van der Waals surface area contributed by atoms with Crippen molar-refractivity contribution in [2.75, 3.05) is 13.7 Å². The summed E-state index contributed by atoms with van der Waals surface area (Å²) in [6.07, 6.45) is 1.70. The summed E-state index contributed by atoms with van der Waals surface area (Å²) in [5.74, 6) is -0.0551. The molecule has 0 radical (unpaired) electrons. The summed E-state index contributed by atoms with van der Waals surface area (Å²) in [5, 5.41) is 0.404. The Morgan fingerprint density at radius 2 is 1.93 bits per heavy atom. The molecule has 0 saturated heterocycles. The minimum Gasteiger partial charge on any atom is -0.493 e. The Morgan fingerprint density at radius 3 is 2.62 bits per heavy atom. The molecule has 1 aliphatic heterocycles. The number of nitrogens with zero attached hydrogens (tertiary/aromatic N) is 2. The van der Waals surface area contributed by atoms with Gasteiger partial charge in [0.05, 0.1) is 29.5 Å². The largest absolute Gasteiger partial charge is 0.493 e. The van der Waals surface area contributed by atoms with Crippen LogP contribution in [0.4, 0.5) is 4.39 Å². The summed E-state index contributed by atoms with van der Waals surface area (Å²) in [6.45, 7) is 3.75. The molecule has 0 amide bonds. The molecule has 1 aliphatic rings. The monoisotopic (exact) mass is 670 g/mol. The Hall–Kier alpha value is -3.73. The Balaban J connectivity index is 1.67. The first-order chi connectivity index (χ1) is 20.2. The number of hydrogen-bond donors (Lipinski definition) is 0. The van der Waals surface area contributed by atoms with E-state index in [0.717, 1.165) is 5.56 Å². The fourth-order valence-electron chi connectivity index (χ4n) is 4.66. The number of halogens is 3. The van der Waals surface area contributed by atoms with Gasteiger partial charge in [0.25, 0.3) is 5.56 Å². The van der Waals surface area contributed by atoms with Gasteiger partial charge in [-0.25, -0.2) is 14.2 Å². The smallest absolute Gasteiger partial charge is 0.338 e. The van der Waals surface area contributed by atoms with E-state index in [0.29, 0.717) is 47.2 Å². The van der Waals surface area contributed by atoms with E-state index in [2.05, 4.69) is 20.9 Å². The normalized spacial score (nSPS) is 14.8. The Labute approximate surface area is 258 Å². The van der Waals surface area contributed by atoms with Crippen molar-refractivity contribution in [2.45, 2.75) is 26.5 Å². The summed E-state index contributed by atoms with van der Waals surface area (Å²) in [6, 6.07) is 15.8. The molecule has 5 rings (SSSR count). The minimum atomic E-state index is -0.831. The third kappa shape index (κ3) is 5.92. The van der Waals surface area contributed by atoms with Crippen LogP contribution in [-0.4, -0.2) is 24.3 Å². The second kappa shape index (κ2) is 12.6. The summed E-state index contributed by atoms with van der Waals surface area (Å²) in [4.78, 5) is 32.2. The molecule has 7 nitrogen and oxygen atoms in total. The number of esters is 1. The van der Waals surface area contributed by atoms with Gasteiger partial charge in [-0.05, 0) is 61.4 Å². The third-order valence-electron chi connectivity index (χ3n) is 6.57. The molecular weight excluding hydrogens is 647 g/mol. The van der Waals surface area contributed by atoms with E-state index in [1.807, 2.05) is 6.07 Å². The first-order valence-electron chi connectivity index (χ1n) is 12.9. The molecule has 2 heterocycles. The molecule has 1 aromatic heterocycles. The van der Waals surface area contributed by atoms with Crippen LogP contribution in [0.25, 0.3) is 6.08 Å². The van der Waals surface area contributed by atoms with Crippen molar-refractivity contribution in [1.82, 2.24) is 4.57 Å². The molecule has 0 saturated carbocycles. The Kier molecular flexibility index (Phi) is 8.96. The number of methoxy groups -OCH3 is 1. The number of carbonyl (C=O) groups is 1. The first kappa shape index (κ1) is 29.8. The Morgan fingerprint density at radius 1 is 1.19 bits per heavy atom. The van der Waals surface area contributed by atoms with E-state index in [1.54, 1.807) is 62.4 Å². The molecular formula is C31H25BrClFN2O5S. The van der Waals surface area contributed by atoms with E-state index in [9.17, 15) is 14.0 Å². The molecule has 1 atom stereocenters. The minimum absolute atomic E-state index is 0.148. The van der Waals surface area contributed by atoms with Gasteiger partial charge in [0.1, 0.15) is 18.5 Å². The van der Waals surface area contributed by atoms with Gasteiger partial charge in [0, 0.05) is 15.1 Å². The molecule has 0 spiro atoms. The van der Waals surface area contributed by atoms with E-state index in [4.69, 9.17) is 25.8 Å². The maximum atomic E-state index is 14.1. The lowest BCUT2D eigenvalue weighted by Gasteiger charge is -2.25. The first-order valence-corrected chi connectivity index (χ1v) is 14.9. The van der Waals surface area contributed by atoms with Gasteiger partial charge in [0.15, 0.2) is 16.3 Å². The van der Waals surface area contributed by atoms with Crippen LogP contribution < -0.4 is 24.4 Å². The van der Waals surface area contributed by atoms with E-state index < -0.39 is 12.0 Å². The van der Waals surface area contributed by atoms with E-state index in [-0.39, 0.29) is 30.2 Å². The third-order valence-corrected chi connectivity index (χ3v) is 8.35. The second-order valence-corrected chi connectivity index (χ2v) is 11.6. The topological polar surface area (TPSA) is 79.1 Å². The fraction of sp³-hybridized carbons (Fsp3) is 0.194. The van der Waals surface area contributed by atoms with Crippen LogP contribution in [0.3, 0.4) is 0 Å².